The van der Waals surface area contributed by atoms with E-state index in [9.17, 15) is 8.78 Å². The standard InChI is InChI=1S/C14H15F2N3O/c1-4-17-14-13(20-3)12(18-7-19-14)9-6-5-8(2)10(15)11(9)16/h5-7H,4H2,1-3H3,(H,17,18,19). The molecule has 0 spiro atoms. The zero-order valence-electron chi connectivity index (χ0n) is 11.5. The van der Waals surface area contributed by atoms with E-state index in [0.717, 1.165) is 0 Å². The van der Waals surface area contributed by atoms with Crippen molar-refractivity contribution in [2.24, 2.45) is 0 Å². The Bertz CT molecular complexity index is 632. The molecule has 20 heavy (non-hydrogen) atoms. The normalized spacial score (nSPS) is 10.4. The van der Waals surface area contributed by atoms with Gasteiger partial charge in [0.1, 0.15) is 12.0 Å². The van der Waals surface area contributed by atoms with Gasteiger partial charge in [-0.1, -0.05) is 6.07 Å². The first kappa shape index (κ1) is 14.2. The van der Waals surface area contributed by atoms with E-state index >= 15 is 0 Å². The van der Waals surface area contributed by atoms with E-state index in [2.05, 4.69) is 15.3 Å². The maximum absolute atomic E-state index is 14.1. The molecular weight excluding hydrogens is 264 g/mol. The van der Waals surface area contributed by atoms with Crippen LogP contribution in [0.1, 0.15) is 12.5 Å². The molecular formula is C14H15F2N3O. The molecule has 6 heteroatoms. The minimum Gasteiger partial charge on any atom is -0.491 e. The third-order valence-corrected chi connectivity index (χ3v) is 2.88. The minimum absolute atomic E-state index is 0.0477. The van der Waals surface area contributed by atoms with Gasteiger partial charge in [0.15, 0.2) is 23.2 Å². The molecule has 106 valence electrons. The van der Waals surface area contributed by atoms with Gasteiger partial charge in [0.2, 0.25) is 0 Å². The quantitative estimate of drug-likeness (QED) is 0.933. The molecule has 0 fully saturated rings. The molecule has 1 N–H and O–H groups in total. The lowest BCUT2D eigenvalue weighted by molar-refractivity contribution is 0.414. The number of hydrogen-bond donors (Lipinski definition) is 1. The molecule has 0 aliphatic rings. The molecule has 0 aliphatic heterocycles. The molecule has 0 radical (unpaired) electrons. The Morgan fingerprint density at radius 2 is 1.95 bits per heavy atom. The van der Waals surface area contributed by atoms with Gasteiger partial charge in [-0.05, 0) is 25.5 Å². The van der Waals surface area contributed by atoms with Crippen LogP contribution in [-0.2, 0) is 0 Å². The summed E-state index contributed by atoms with van der Waals surface area (Å²) in [5.74, 6) is -1.09. The Morgan fingerprint density at radius 1 is 1.20 bits per heavy atom. The van der Waals surface area contributed by atoms with Crippen LogP contribution < -0.4 is 10.1 Å². The number of anilines is 1. The predicted molar refractivity (Wildman–Crippen MR) is 72.8 cm³/mol. The highest BCUT2D eigenvalue weighted by molar-refractivity contribution is 5.73. The van der Waals surface area contributed by atoms with Crippen LogP contribution in [0.4, 0.5) is 14.6 Å². The summed E-state index contributed by atoms with van der Waals surface area (Å²) < 4.78 is 33.0. The Balaban J connectivity index is 2.64. The number of aryl methyl sites for hydroxylation is 1. The van der Waals surface area contributed by atoms with E-state index in [1.807, 2.05) is 6.92 Å². The van der Waals surface area contributed by atoms with Crippen molar-refractivity contribution in [1.82, 2.24) is 9.97 Å². The van der Waals surface area contributed by atoms with Crippen molar-refractivity contribution in [3.05, 3.63) is 35.7 Å². The van der Waals surface area contributed by atoms with Gasteiger partial charge in [0, 0.05) is 12.1 Å². The van der Waals surface area contributed by atoms with Crippen molar-refractivity contribution < 1.29 is 13.5 Å². The average Bonchev–Trinajstić information content (AvgIpc) is 2.45. The molecule has 4 nitrogen and oxygen atoms in total. The maximum atomic E-state index is 14.1. The Kier molecular flexibility index (Phi) is 4.12. The van der Waals surface area contributed by atoms with Gasteiger partial charge in [-0.15, -0.1) is 0 Å². The summed E-state index contributed by atoms with van der Waals surface area (Å²) in [4.78, 5) is 8.04. The number of halogens is 2. The summed E-state index contributed by atoms with van der Waals surface area (Å²) in [5.41, 5.74) is 0.507. The molecule has 0 saturated heterocycles. The molecule has 1 heterocycles. The van der Waals surface area contributed by atoms with Crippen molar-refractivity contribution >= 4 is 5.82 Å². The summed E-state index contributed by atoms with van der Waals surface area (Å²) in [6.45, 7) is 4.02. The summed E-state index contributed by atoms with van der Waals surface area (Å²) >= 11 is 0. The Hall–Kier alpha value is -2.24. The molecule has 0 bridgehead atoms. The van der Waals surface area contributed by atoms with E-state index in [-0.39, 0.29) is 22.6 Å². The SMILES string of the molecule is CCNc1ncnc(-c2ccc(C)c(F)c2F)c1OC. The zero-order chi connectivity index (χ0) is 14.7. The molecule has 0 saturated carbocycles. The van der Waals surface area contributed by atoms with Crippen LogP contribution >= 0.6 is 0 Å². The summed E-state index contributed by atoms with van der Waals surface area (Å²) in [6.07, 6.45) is 1.28. The first-order chi connectivity index (χ1) is 9.60. The number of aromatic nitrogens is 2. The van der Waals surface area contributed by atoms with Crippen LogP contribution in [0.5, 0.6) is 5.75 Å². The molecule has 0 atom stereocenters. The lowest BCUT2D eigenvalue weighted by Crippen LogP contribution is -2.05. The fraction of sp³-hybridized carbons (Fsp3) is 0.286. The zero-order valence-corrected chi connectivity index (χ0v) is 11.5. The van der Waals surface area contributed by atoms with Crippen molar-refractivity contribution in [2.45, 2.75) is 13.8 Å². The second kappa shape index (κ2) is 5.81. The Labute approximate surface area is 115 Å². The largest absolute Gasteiger partial charge is 0.491 e. The van der Waals surface area contributed by atoms with E-state index in [1.54, 1.807) is 0 Å². The van der Waals surface area contributed by atoms with Gasteiger partial charge in [-0.3, -0.25) is 0 Å². The fourth-order valence-corrected chi connectivity index (χ4v) is 1.88. The number of nitrogens with one attached hydrogen (secondary N) is 1. The molecule has 2 aromatic rings. The smallest absolute Gasteiger partial charge is 0.187 e. The van der Waals surface area contributed by atoms with Gasteiger partial charge in [-0.25, -0.2) is 18.7 Å². The monoisotopic (exact) mass is 279 g/mol. The summed E-state index contributed by atoms with van der Waals surface area (Å²) in [5, 5.41) is 2.99. The van der Waals surface area contributed by atoms with Crippen LogP contribution in [0.3, 0.4) is 0 Å². The van der Waals surface area contributed by atoms with Crippen LogP contribution in [0.2, 0.25) is 0 Å². The lowest BCUT2D eigenvalue weighted by atomic mass is 10.1. The van der Waals surface area contributed by atoms with Crippen LogP contribution in [-0.4, -0.2) is 23.6 Å². The molecule has 1 aromatic heterocycles. The van der Waals surface area contributed by atoms with Crippen molar-refractivity contribution in [3.8, 4) is 17.0 Å². The third-order valence-electron chi connectivity index (χ3n) is 2.88. The number of nitrogens with zero attached hydrogens (tertiary/aromatic N) is 2. The van der Waals surface area contributed by atoms with E-state index in [1.165, 1.54) is 32.5 Å². The number of methoxy groups -OCH3 is 1. The second-order valence-electron chi connectivity index (χ2n) is 4.19. The van der Waals surface area contributed by atoms with E-state index in [4.69, 9.17) is 4.74 Å². The fourth-order valence-electron chi connectivity index (χ4n) is 1.88. The van der Waals surface area contributed by atoms with Gasteiger partial charge in [0.05, 0.1) is 7.11 Å². The third kappa shape index (κ3) is 2.41. The first-order valence-corrected chi connectivity index (χ1v) is 6.18. The summed E-state index contributed by atoms with van der Waals surface area (Å²) in [7, 11) is 1.44. The van der Waals surface area contributed by atoms with E-state index < -0.39 is 11.6 Å². The number of hydrogen-bond acceptors (Lipinski definition) is 4. The highest BCUT2D eigenvalue weighted by atomic mass is 19.2. The van der Waals surface area contributed by atoms with E-state index in [0.29, 0.717) is 12.4 Å². The van der Waals surface area contributed by atoms with Crippen LogP contribution in [0.15, 0.2) is 18.5 Å². The molecule has 2 rings (SSSR count). The topological polar surface area (TPSA) is 47.0 Å². The lowest BCUT2D eigenvalue weighted by Gasteiger charge is -2.13. The van der Waals surface area contributed by atoms with Crippen molar-refractivity contribution in [1.29, 1.82) is 0 Å². The Morgan fingerprint density at radius 3 is 2.60 bits per heavy atom. The minimum atomic E-state index is -0.940. The predicted octanol–water partition coefficient (Wildman–Crippen LogP) is 3.17. The van der Waals surface area contributed by atoms with Crippen molar-refractivity contribution in [3.63, 3.8) is 0 Å². The number of benzene rings is 1. The second-order valence-corrected chi connectivity index (χ2v) is 4.19. The van der Waals surface area contributed by atoms with Crippen molar-refractivity contribution in [2.75, 3.05) is 19.0 Å². The van der Waals surface area contributed by atoms with Gasteiger partial charge < -0.3 is 10.1 Å². The summed E-state index contributed by atoms with van der Waals surface area (Å²) in [6, 6.07) is 2.98. The first-order valence-electron chi connectivity index (χ1n) is 6.18. The van der Waals surface area contributed by atoms with Crippen LogP contribution in [0.25, 0.3) is 11.3 Å². The molecule has 1 aromatic carbocycles. The number of rotatable bonds is 4. The number of ether oxygens (including phenoxy) is 1. The van der Waals surface area contributed by atoms with Gasteiger partial charge in [0.25, 0.3) is 0 Å². The highest BCUT2D eigenvalue weighted by Gasteiger charge is 2.19. The maximum Gasteiger partial charge on any atom is 0.187 e. The van der Waals surface area contributed by atoms with Gasteiger partial charge in [-0.2, -0.15) is 0 Å². The molecule has 0 amide bonds. The van der Waals surface area contributed by atoms with Crippen LogP contribution in [0, 0.1) is 18.6 Å². The molecule has 0 aliphatic carbocycles. The van der Waals surface area contributed by atoms with Gasteiger partial charge >= 0.3 is 0 Å². The highest BCUT2D eigenvalue weighted by Crippen LogP contribution is 2.35. The molecule has 0 unspecified atom stereocenters. The average molecular weight is 279 g/mol.